The van der Waals surface area contributed by atoms with Gasteiger partial charge in [0.05, 0.1) is 12.3 Å². The second-order valence-electron chi connectivity index (χ2n) is 5.10. The van der Waals surface area contributed by atoms with Gasteiger partial charge in [-0.3, -0.25) is 9.69 Å². The van der Waals surface area contributed by atoms with Crippen molar-refractivity contribution in [2.45, 2.75) is 13.0 Å². The number of carbonyl (C=O) groups excluding carboxylic acids is 1. The van der Waals surface area contributed by atoms with E-state index in [1.165, 1.54) is 0 Å². The third-order valence-corrected chi connectivity index (χ3v) is 4.05. The summed E-state index contributed by atoms with van der Waals surface area (Å²) in [6.07, 6.45) is 1.13. The van der Waals surface area contributed by atoms with Crippen molar-refractivity contribution in [2.24, 2.45) is 0 Å². The van der Waals surface area contributed by atoms with Crippen LogP contribution in [0.15, 0.2) is 0 Å². The van der Waals surface area contributed by atoms with Gasteiger partial charge in [0.2, 0.25) is 0 Å². The first kappa shape index (κ1) is 16.7. The van der Waals surface area contributed by atoms with Crippen LogP contribution >= 0.6 is 0 Å². The van der Waals surface area contributed by atoms with Gasteiger partial charge in [-0.05, 0) is 6.92 Å². The Balaban J connectivity index is 2.37. The van der Waals surface area contributed by atoms with Gasteiger partial charge in [-0.15, -0.1) is 0 Å². The minimum absolute atomic E-state index is 0.0278. The third-order valence-electron chi connectivity index (χ3n) is 2.94. The maximum Gasteiger partial charge on any atom is 0.317 e. The molecule has 1 atom stereocenters. The summed E-state index contributed by atoms with van der Waals surface area (Å²) in [6, 6.07) is -0.759. The highest BCUT2D eigenvalue weighted by atomic mass is 32.2. The summed E-state index contributed by atoms with van der Waals surface area (Å²) in [7, 11) is -3.13. The van der Waals surface area contributed by atoms with Gasteiger partial charge in [-0.2, -0.15) is 0 Å². The molecule has 0 radical (unpaired) electrons. The largest absolute Gasteiger partial charge is 0.480 e. The number of urea groups is 1. The summed E-state index contributed by atoms with van der Waals surface area (Å²) in [5, 5.41) is 11.3. The molecule has 116 valence electrons. The molecule has 0 aliphatic carbocycles. The lowest BCUT2D eigenvalue weighted by molar-refractivity contribution is -0.138. The number of piperazine rings is 1. The number of aliphatic carboxylic acids is 1. The van der Waals surface area contributed by atoms with Crippen LogP contribution in [0.5, 0.6) is 0 Å². The van der Waals surface area contributed by atoms with Gasteiger partial charge in [-0.25, -0.2) is 13.2 Å². The molecule has 9 heteroatoms. The van der Waals surface area contributed by atoms with Gasteiger partial charge in [0.1, 0.15) is 9.84 Å². The minimum atomic E-state index is -3.13. The Kier molecular flexibility index (Phi) is 5.75. The van der Waals surface area contributed by atoms with Gasteiger partial charge < -0.3 is 15.3 Å². The highest BCUT2D eigenvalue weighted by molar-refractivity contribution is 7.90. The zero-order valence-corrected chi connectivity index (χ0v) is 12.5. The van der Waals surface area contributed by atoms with Crippen LogP contribution in [0.4, 0.5) is 4.79 Å². The predicted molar refractivity (Wildman–Crippen MR) is 73.4 cm³/mol. The van der Waals surface area contributed by atoms with Gasteiger partial charge in [-0.1, -0.05) is 0 Å². The number of amides is 2. The molecule has 1 saturated heterocycles. The van der Waals surface area contributed by atoms with Crippen molar-refractivity contribution < 1.29 is 23.1 Å². The van der Waals surface area contributed by atoms with E-state index in [1.54, 1.807) is 16.7 Å². The van der Waals surface area contributed by atoms with Gasteiger partial charge in [0.25, 0.3) is 0 Å². The SMILES string of the molecule is CC(CS(C)(=O)=O)NC(=O)N1CCN(CC(=O)O)CC1. The minimum Gasteiger partial charge on any atom is -0.480 e. The van der Waals surface area contributed by atoms with Crippen molar-refractivity contribution >= 4 is 21.8 Å². The van der Waals surface area contributed by atoms with E-state index in [4.69, 9.17) is 5.11 Å². The third kappa shape index (κ3) is 6.20. The fourth-order valence-electron chi connectivity index (χ4n) is 2.10. The van der Waals surface area contributed by atoms with E-state index in [2.05, 4.69) is 5.32 Å². The van der Waals surface area contributed by atoms with Crippen molar-refractivity contribution in [3.05, 3.63) is 0 Å². The molecule has 1 heterocycles. The smallest absolute Gasteiger partial charge is 0.317 e. The lowest BCUT2D eigenvalue weighted by atomic mass is 10.3. The van der Waals surface area contributed by atoms with Crippen LogP contribution in [0, 0.1) is 0 Å². The summed E-state index contributed by atoms with van der Waals surface area (Å²) in [4.78, 5) is 25.8. The van der Waals surface area contributed by atoms with Crippen LogP contribution in [0.2, 0.25) is 0 Å². The van der Waals surface area contributed by atoms with Crippen molar-refractivity contribution in [1.82, 2.24) is 15.1 Å². The molecular formula is C11H21N3O5S. The summed E-state index contributed by atoms with van der Waals surface area (Å²) < 4.78 is 22.2. The summed E-state index contributed by atoms with van der Waals surface area (Å²) in [5.74, 6) is -0.984. The molecule has 0 aromatic carbocycles. The molecule has 0 saturated carbocycles. The lowest BCUT2D eigenvalue weighted by Gasteiger charge is -2.34. The first-order valence-corrected chi connectivity index (χ1v) is 8.41. The molecule has 0 aromatic rings. The standard InChI is InChI=1S/C11H21N3O5S/c1-9(8-20(2,18)19)12-11(17)14-5-3-13(4-6-14)7-10(15)16/h9H,3-8H2,1-2H3,(H,12,17)(H,15,16). The molecule has 0 spiro atoms. The average molecular weight is 307 g/mol. The normalized spacial score (nSPS) is 18.6. The summed E-state index contributed by atoms with van der Waals surface area (Å²) in [5.41, 5.74) is 0. The Bertz CT molecular complexity index is 457. The molecule has 1 aliphatic heterocycles. The topological polar surface area (TPSA) is 107 Å². The van der Waals surface area contributed by atoms with Gasteiger partial charge >= 0.3 is 12.0 Å². The van der Waals surface area contributed by atoms with Crippen LogP contribution in [-0.2, 0) is 14.6 Å². The monoisotopic (exact) mass is 307 g/mol. The molecule has 1 rings (SSSR count). The number of nitrogens with zero attached hydrogens (tertiary/aromatic N) is 2. The fourth-order valence-corrected chi connectivity index (χ4v) is 3.09. The summed E-state index contributed by atoms with van der Waals surface area (Å²) in [6.45, 7) is 3.48. The zero-order chi connectivity index (χ0) is 15.3. The number of carboxylic acid groups (broad SMARTS) is 1. The Morgan fingerprint density at radius 3 is 2.25 bits per heavy atom. The van der Waals surface area contributed by atoms with Crippen LogP contribution in [0.3, 0.4) is 0 Å². The van der Waals surface area contributed by atoms with Crippen LogP contribution in [0.25, 0.3) is 0 Å². The maximum atomic E-state index is 11.9. The first-order valence-electron chi connectivity index (χ1n) is 6.34. The number of hydrogen-bond acceptors (Lipinski definition) is 5. The molecule has 2 N–H and O–H groups in total. The zero-order valence-electron chi connectivity index (χ0n) is 11.7. The van der Waals surface area contributed by atoms with Crippen LogP contribution in [-0.4, -0.2) is 86.1 Å². The number of sulfone groups is 1. The Hall–Kier alpha value is -1.35. The van der Waals surface area contributed by atoms with E-state index in [1.807, 2.05) is 0 Å². The van der Waals surface area contributed by atoms with E-state index >= 15 is 0 Å². The quantitative estimate of drug-likeness (QED) is 0.663. The van der Waals surface area contributed by atoms with E-state index in [9.17, 15) is 18.0 Å². The van der Waals surface area contributed by atoms with Crippen molar-refractivity contribution in [3.63, 3.8) is 0 Å². The van der Waals surface area contributed by atoms with Crippen LogP contribution < -0.4 is 5.32 Å². The maximum absolute atomic E-state index is 11.9. The molecule has 1 aliphatic rings. The highest BCUT2D eigenvalue weighted by Crippen LogP contribution is 2.02. The van der Waals surface area contributed by atoms with Crippen molar-refractivity contribution in [2.75, 3.05) is 44.7 Å². The number of carbonyl (C=O) groups is 2. The Labute approximate surface area is 118 Å². The van der Waals surface area contributed by atoms with Gasteiger partial charge in [0.15, 0.2) is 0 Å². The van der Waals surface area contributed by atoms with E-state index in [-0.39, 0.29) is 18.3 Å². The highest BCUT2D eigenvalue weighted by Gasteiger charge is 2.23. The molecule has 0 aromatic heterocycles. The van der Waals surface area contributed by atoms with E-state index in [0.29, 0.717) is 26.2 Å². The molecule has 8 nitrogen and oxygen atoms in total. The number of hydrogen-bond donors (Lipinski definition) is 2. The molecule has 20 heavy (non-hydrogen) atoms. The lowest BCUT2D eigenvalue weighted by Crippen LogP contribution is -2.54. The second kappa shape index (κ2) is 6.89. The second-order valence-corrected chi connectivity index (χ2v) is 7.28. The molecule has 1 fully saturated rings. The molecular weight excluding hydrogens is 286 g/mol. The van der Waals surface area contributed by atoms with Crippen molar-refractivity contribution in [1.29, 1.82) is 0 Å². The Morgan fingerprint density at radius 1 is 1.25 bits per heavy atom. The molecule has 1 unspecified atom stereocenters. The molecule has 2 amide bonds. The first-order chi connectivity index (χ1) is 9.17. The van der Waals surface area contributed by atoms with Gasteiger partial charge in [0, 0.05) is 38.5 Å². The number of rotatable bonds is 5. The molecule has 0 bridgehead atoms. The number of nitrogens with one attached hydrogen (secondary N) is 1. The fraction of sp³-hybridized carbons (Fsp3) is 0.818. The average Bonchev–Trinajstić information content (AvgIpc) is 2.26. The van der Waals surface area contributed by atoms with Crippen LogP contribution in [0.1, 0.15) is 6.92 Å². The van der Waals surface area contributed by atoms with Crippen molar-refractivity contribution in [3.8, 4) is 0 Å². The number of carboxylic acids is 1. The summed E-state index contributed by atoms with van der Waals surface area (Å²) >= 11 is 0. The Morgan fingerprint density at radius 2 is 1.80 bits per heavy atom. The van der Waals surface area contributed by atoms with E-state index < -0.39 is 21.8 Å². The predicted octanol–water partition coefficient (Wildman–Crippen LogP) is -1.17. The van der Waals surface area contributed by atoms with E-state index in [0.717, 1.165) is 6.26 Å².